The summed E-state index contributed by atoms with van der Waals surface area (Å²) in [6.45, 7) is 13.7. The minimum absolute atomic E-state index is 0.0640. The van der Waals surface area contributed by atoms with E-state index in [0.29, 0.717) is 17.9 Å². The number of rotatable bonds is 6. The van der Waals surface area contributed by atoms with Crippen LogP contribution in [0.4, 0.5) is 5.69 Å². The number of aromatic nitrogens is 3. The summed E-state index contributed by atoms with van der Waals surface area (Å²) in [5.41, 5.74) is 4.49. The van der Waals surface area contributed by atoms with E-state index >= 15 is 0 Å². The fourth-order valence-electron chi connectivity index (χ4n) is 2.16. The number of aryl methyl sites for hydroxylation is 2. The molecule has 23 heavy (non-hydrogen) atoms. The first-order valence-corrected chi connectivity index (χ1v) is 7.52. The highest BCUT2D eigenvalue weighted by Crippen LogP contribution is 2.15. The van der Waals surface area contributed by atoms with E-state index in [2.05, 4.69) is 28.7 Å². The third-order valence-corrected chi connectivity index (χ3v) is 3.75. The number of anilines is 1. The molecule has 0 aliphatic carbocycles. The van der Waals surface area contributed by atoms with Crippen molar-refractivity contribution < 1.29 is 4.79 Å². The molecule has 5 nitrogen and oxygen atoms in total. The highest BCUT2D eigenvalue weighted by atomic mass is 16.1. The molecule has 0 aliphatic heterocycles. The maximum Gasteiger partial charge on any atom is 0.229 e. The average molecular weight is 310 g/mol. The van der Waals surface area contributed by atoms with Crippen molar-refractivity contribution in [1.29, 1.82) is 0 Å². The molecule has 0 spiro atoms. The molecule has 0 bridgehead atoms. The molecule has 1 atom stereocenters. The zero-order chi connectivity index (χ0) is 17.0. The fourth-order valence-corrected chi connectivity index (χ4v) is 2.16. The van der Waals surface area contributed by atoms with E-state index in [9.17, 15) is 4.79 Å². The highest BCUT2D eigenvalue weighted by molar-refractivity contribution is 5.92. The lowest BCUT2D eigenvalue weighted by Crippen LogP contribution is -2.25. The Labute approximate surface area is 136 Å². The minimum atomic E-state index is -0.265. The van der Waals surface area contributed by atoms with E-state index in [-0.39, 0.29) is 11.8 Å². The lowest BCUT2D eigenvalue weighted by molar-refractivity contribution is -0.119. The molecule has 1 amide bonds. The largest absolute Gasteiger partial charge is 0.326 e. The summed E-state index contributed by atoms with van der Waals surface area (Å²) in [5.74, 6) is -0.329. The van der Waals surface area contributed by atoms with Gasteiger partial charge in [0, 0.05) is 5.69 Å². The van der Waals surface area contributed by atoms with E-state index in [1.807, 2.05) is 39.0 Å². The normalized spacial score (nSPS) is 11.8. The van der Waals surface area contributed by atoms with E-state index in [0.717, 1.165) is 11.3 Å². The number of nitrogens with one attached hydrogen (secondary N) is 1. The molecule has 2 rings (SSSR count). The molecule has 1 aromatic carbocycles. The van der Waals surface area contributed by atoms with Crippen molar-refractivity contribution in [3.8, 4) is 0 Å². The van der Waals surface area contributed by atoms with Crippen molar-refractivity contribution in [3.05, 3.63) is 53.9 Å². The molecule has 2 aromatic rings. The zero-order valence-electron chi connectivity index (χ0n) is 13.8. The average Bonchev–Trinajstić information content (AvgIpc) is 2.92. The third-order valence-electron chi connectivity index (χ3n) is 3.75. The van der Waals surface area contributed by atoms with Crippen molar-refractivity contribution in [2.45, 2.75) is 27.3 Å². The number of carbonyl (C=O) groups excluding carboxylic acids is 1. The van der Waals surface area contributed by atoms with Crippen LogP contribution in [0.1, 0.15) is 29.4 Å². The van der Waals surface area contributed by atoms with Gasteiger partial charge in [0.1, 0.15) is 11.4 Å². The molecule has 1 unspecified atom stereocenters. The van der Waals surface area contributed by atoms with Gasteiger partial charge >= 0.3 is 0 Å². The number of carbonyl (C=O) groups is 1. The van der Waals surface area contributed by atoms with Crippen LogP contribution in [0.2, 0.25) is 0 Å². The Kier molecular flexibility index (Phi) is 5.11. The second-order valence-electron chi connectivity index (χ2n) is 5.62. The second kappa shape index (κ2) is 7.05. The molecular formula is C18H22N4O. The molecule has 1 heterocycles. The maximum atomic E-state index is 12.3. The van der Waals surface area contributed by atoms with Crippen LogP contribution in [0, 0.1) is 19.8 Å². The Bertz CT molecular complexity index is 720. The van der Waals surface area contributed by atoms with Gasteiger partial charge in [0.15, 0.2) is 0 Å². The molecule has 0 saturated carbocycles. The molecular weight excluding hydrogens is 288 g/mol. The monoisotopic (exact) mass is 310 g/mol. The van der Waals surface area contributed by atoms with E-state index < -0.39 is 0 Å². The Morgan fingerprint density at radius 1 is 1.22 bits per heavy atom. The van der Waals surface area contributed by atoms with Crippen LogP contribution in [0.3, 0.4) is 0 Å². The molecule has 0 aliphatic rings. The van der Waals surface area contributed by atoms with Gasteiger partial charge in [0.05, 0.1) is 12.5 Å². The molecule has 120 valence electrons. The lowest BCUT2D eigenvalue weighted by atomic mass is 10.1. The summed E-state index contributed by atoms with van der Waals surface area (Å²) >= 11 is 0. The predicted molar refractivity (Wildman–Crippen MR) is 93.9 cm³/mol. The van der Waals surface area contributed by atoms with Crippen LogP contribution in [0.25, 0.3) is 12.2 Å². The molecule has 1 aromatic heterocycles. The minimum Gasteiger partial charge on any atom is -0.326 e. The van der Waals surface area contributed by atoms with Crippen LogP contribution in [-0.2, 0) is 11.3 Å². The standard InChI is InChI=1S/C18H22N4O/c1-6-16-17(7-2)21-22(20-16)11-14(5)18(23)19-15-9-8-12(3)13(4)10-15/h6-10,14H,1-2,11H2,3-5H3,(H,19,23). The third kappa shape index (κ3) is 3.94. The summed E-state index contributed by atoms with van der Waals surface area (Å²) in [6.07, 6.45) is 3.25. The van der Waals surface area contributed by atoms with Crippen molar-refractivity contribution in [2.75, 3.05) is 5.32 Å². The lowest BCUT2D eigenvalue weighted by Gasteiger charge is -2.12. The Hall–Kier alpha value is -2.69. The van der Waals surface area contributed by atoms with Crippen LogP contribution < -0.4 is 5.32 Å². The number of hydrogen-bond donors (Lipinski definition) is 1. The molecule has 5 heteroatoms. The Balaban J connectivity index is 2.04. The number of hydrogen-bond acceptors (Lipinski definition) is 3. The van der Waals surface area contributed by atoms with Gasteiger partial charge in [-0.15, -0.1) is 0 Å². The van der Waals surface area contributed by atoms with Crippen molar-refractivity contribution in [2.24, 2.45) is 5.92 Å². The van der Waals surface area contributed by atoms with Gasteiger partial charge in [-0.25, -0.2) is 0 Å². The van der Waals surface area contributed by atoms with Crippen LogP contribution in [0.5, 0.6) is 0 Å². The Morgan fingerprint density at radius 2 is 1.83 bits per heavy atom. The second-order valence-corrected chi connectivity index (χ2v) is 5.62. The zero-order valence-corrected chi connectivity index (χ0v) is 13.8. The summed E-state index contributed by atoms with van der Waals surface area (Å²) in [5, 5.41) is 11.5. The predicted octanol–water partition coefficient (Wildman–Crippen LogP) is 3.46. The van der Waals surface area contributed by atoms with Crippen molar-refractivity contribution in [3.63, 3.8) is 0 Å². The van der Waals surface area contributed by atoms with Gasteiger partial charge in [0.25, 0.3) is 0 Å². The maximum absolute atomic E-state index is 12.3. The first-order valence-electron chi connectivity index (χ1n) is 7.52. The van der Waals surface area contributed by atoms with Crippen molar-refractivity contribution in [1.82, 2.24) is 15.0 Å². The van der Waals surface area contributed by atoms with Gasteiger partial charge in [-0.1, -0.05) is 26.1 Å². The van der Waals surface area contributed by atoms with Crippen LogP contribution in [0.15, 0.2) is 31.4 Å². The first-order chi connectivity index (χ1) is 10.9. The number of amides is 1. The number of benzene rings is 1. The van der Waals surface area contributed by atoms with Crippen molar-refractivity contribution >= 4 is 23.7 Å². The Morgan fingerprint density at radius 3 is 2.35 bits per heavy atom. The fraction of sp³-hybridized carbons (Fsp3) is 0.278. The van der Waals surface area contributed by atoms with E-state index in [4.69, 9.17) is 0 Å². The smallest absolute Gasteiger partial charge is 0.229 e. The van der Waals surface area contributed by atoms with Gasteiger partial charge in [0.2, 0.25) is 5.91 Å². The highest BCUT2D eigenvalue weighted by Gasteiger charge is 2.16. The molecule has 1 N–H and O–H groups in total. The van der Waals surface area contributed by atoms with E-state index in [1.54, 1.807) is 12.2 Å². The summed E-state index contributed by atoms with van der Waals surface area (Å²) < 4.78 is 0. The first kappa shape index (κ1) is 16.7. The van der Waals surface area contributed by atoms with Gasteiger partial charge in [-0.2, -0.15) is 15.0 Å². The number of nitrogens with zero attached hydrogens (tertiary/aromatic N) is 3. The molecule has 0 fully saturated rings. The molecule has 0 radical (unpaired) electrons. The van der Waals surface area contributed by atoms with Crippen LogP contribution >= 0.6 is 0 Å². The summed E-state index contributed by atoms with van der Waals surface area (Å²) in [4.78, 5) is 13.8. The van der Waals surface area contributed by atoms with E-state index in [1.165, 1.54) is 10.4 Å². The molecule has 0 saturated heterocycles. The summed E-state index contributed by atoms with van der Waals surface area (Å²) in [7, 11) is 0. The van der Waals surface area contributed by atoms with Gasteiger partial charge in [-0.05, 0) is 49.3 Å². The quantitative estimate of drug-likeness (QED) is 0.889. The van der Waals surface area contributed by atoms with Gasteiger partial charge in [-0.3, -0.25) is 4.79 Å². The SMILES string of the molecule is C=Cc1nn(CC(C)C(=O)Nc2ccc(C)c(C)c2)nc1C=C. The topological polar surface area (TPSA) is 59.8 Å². The van der Waals surface area contributed by atoms with Gasteiger partial charge < -0.3 is 5.32 Å². The summed E-state index contributed by atoms with van der Waals surface area (Å²) in [6, 6.07) is 5.87. The van der Waals surface area contributed by atoms with Crippen LogP contribution in [-0.4, -0.2) is 20.9 Å².